The van der Waals surface area contributed by atoms with Crippen molar-refractivity contribution < 1.29 is 13.9 Å². The monoisotopic (exact) mass is 270 g/mol. The third-order valence-corrected chi connectivity index (χ3v) is 3.19. The predicted octanol–water partition coefficient (Wildman–Crippen LogP) is 3.07. The highest BCUT2D eigenvalue weighted by atomic mass is 16.7. The molecule has 0 unspecified atom stereocenters. The third kappa shape index (κ3) is 2.19. The Hall–Kier alpha value is -2.17. The van der Waals surface area contributed by atoms with Gasteiger partial charge >= 0.3 is 5.63 Å². The van der Waals surface area contributed by atoms with Crippen LogP contribution < -0.4 is 5.63 Å². The summed E-state index contributed by atoms with van der Waals surface area (Å²) in [4.78, 5) is 11.9. The van der Waals surface area contributed by atoms with E-state index in [2.05, 4.69) is 0 Å². The van der Waals surface area contributed by atoms with Gasteiger partial charge in [-0.2, -0.15) is 0 Å². The number of hydrogen-bond acceptors (Lipinski definition) is 4. The molecule has 4 nitrogen and oxygen atoms in total. The Kier molecular flexibility index (Phi) is 3.50. The largest absolute Gasteiger partial charge is 0.422 e. The lowest BCUT2D eigenvalue weighted by Crippen LogP contribution is -2.02. The highest BCUT2D eigenvalue weighted by molar-refractivity contribution is 6.05. The summed E-state index contributed by atoms with van der Waals surface area (Å²) >= 11 is 0. The first kappa shape index (κ1) is 12.8. The van der Waals surface area contributed by atoms with Crippen molar-refractivity contribution in [1.29, 1.82) is 0 Å². The summed E-state index contributed by atoms with van der Waals surface area (Å²) in [5, 5.41) is 2.38. The van der Waals surface area contributed by atoms with E-state index in [-0.39, 0.29) is 12.4 Å². The van der Waals surface area contributed by atoms with Crippen molar-refractivity contribution in [2.75, 3.05) is 13.9 Å². The molecule has 20 heavy (non-hydrogen) atoms. The van der Waals surface area contributed by atoms with Gasteiger partial charge in [-0.1, -0.05) is 30.3 Å². The Morgan fingerprint density at radius 3 is 2.65 bits per heavy atom. The van der Waals surface area contributed by atoms with E-state index in [1.54, 1.807) is 19.2 Å². The molecule has 0 fully saturated rings. The Balaban J connectivity index is 2.26. The lowest BCUT2D eigenvalue weighted by atomic mass is 10.0. The maximum absolute atomic E-state index is 11.9. The van der Waals surface area contributed by atoms with Gasteiger partial charge in [-0.15, -0.1) is 0 Å². The first-order chi connectivity index (χ1) is 9.81. The van der Waals surface area contributed by atoms with E-state index in [1.807, 2.05) is 30.3 Å². The molecule has 0 atom stereocenters. The SMILES string of the molecule is COCOCc1cccc2oc(=O)c3ccccc3c12. The molecule has 0 amide bonds. The molecule has 3 rings (SSSR count). The second-order valence-corrected chi connectivity index (χ2v) is 4.48. The Morgan fingerprint density at radius 1 is 1.05 bits per heavy atom. The van der Waals surface area contributed by atoms with E-state index in [4.69, 9.17) is 13.9 Å². The van der Waals surface area contributed by atoms with Crippen LogP contribution in [0.2, 0.25) is 0 Å². The molecule has 0 radical (unpaired) electrons. The Labute approximate surface area is 115 Å². The smallest absolute Gasteiger partial charge is 0.344 e. The van der Waals surface area contributed by atoms with E-state index in [1.165, 1.54) is 0 Å². The van der Waals surface area contributed by atoms with Gasteiger partial charge in [0, 0.05) is 17.9 Å². The molecule has 3 aromatic rings. The van der Waals surface area contributed by atoms with Gasteiger partial charge in [0.15, 0.2) is 0 Å². The maximum Gasteiger partial charge on any atom is 0.344 e. The summed E-state index contributed by atoms with van der Waals surface area (Å²) in [7, 11) is 1.58. The molecule has 0 aliphatic rings. The molecule has 102 valence electrons. The van der Waals surface area contributed by atoms with E-state index in [9.17, 15) is 4.79 Å². The fourth-order valence-corrected chi connectivity index (χ4v) is 2.36. The van der Waals surface area contributed by atoms with Gasteiger partial charge in [0.05, 0.1) is 12.0 Å². The van der Waals surface area contributed by atoms with Gasteiger partial charge in [0.2, 0.25) is 0 Å². The van der Waals surface area contributed by atoms with Crippen LogP contribution in [0.25, 0.3) is 21.7 Å². The van der Waals surface area contributed by atoms with Crippen molar-refractivity contribution in [3.05, 3.63) is 58.4 Å². The van der Waals surface area contributed by atoms with Crippen LogP contribution in [0, 0.1) is 0 Å². The van der Waals surface area contributed by atoms with Crippen LogP contribution in [0.1, 0.15) is 5.56 Å². The molecule has 0 aliphatic carbocycles. The number of hydrogen-bond donors (Lipinski definition) is 0. The summed E-state index contributed by atoms with van der Waals surface area (Å²) in [5.74, 6) is 0. The second kappa shape index (κ2) is 5.45. The van der Waals surface area contributed by atoms with Crippen LogP contribution in [0.3, 0.4) is 0 Å². The van der Waals surface area contributed by atoms with Crippen LogP contribution in [-0.2, 0) is 16.1 Å². The Bertz CT molecular complexity index is 804. The number of ether oxygens (including phenoxy) is 2. The van der Waals surface area contributed by atoms with Gasteiger partial charge in [-0.05, 0) is 17.7 Å². The van der Waals surface area contributed by atoms with E-state index < -0.39 is 0 Å². The van der Waals surface area contributed by atoms with Crippen LogP contribution in [0.5, 0.6) is 0 Å². The average molecular weight is 270 g/mol. The highest BCUT2D eigenvalue weighted by Crippen LogP contribution is 2.26. The normalized spacial score (nSPS) is 11.2. The fourth-order valence-electron chi connectivity index (χ4n) is 2.36. The summed E-state index contributed by atoms with van der Waals surface area (Å²) in [5.41, 5.74) is 1.23. The van der Waals surface area contributed by atoms with Crippen molar-refractivity contribution in [2.45, 2.75) is 6.61 Å². The topological polar surface area (TPSA) is 48.7 Å². The lowest BCUT2D eigenvalue weighted by molar-refractivity contribution is -0.0387. The quantitative estimate of drug-likeness (QED) is 0.316. The molecule has 2 aromatic carbocycles. The second-order valence-electron chi connectivity index (χ2n) is 4.48. The number of benzene rings is 2. The zero-order valence-electron chi connectivity index (χ0n) is 11.1. The molecular formula is C16H14O4. The van der Waals surface area contributed by atoms with Crippen LogP contribution in [0.15, 0.2) is 51.7 Å². The molecule has 1 heterocycles. The van der Waals surface area contributed by atoms with Crippen LogP contribution >= 0.6 is 0 Å². The molecule has 4 heteroatoms. The van der Waals surface area contributed by atoms with Gasteiger partial charge in [0.1, 0.15) is 12.4 Å². The summed E-state index contributed by atoms with van der Waals surface area (Å²) < 4.78 is 15.7. The number of rotatable bonds is 4. The van der Waals surface area contributed by atoms with Gasteiger partial charge in [0.25, 0.3) is 0 Å². The standard InChI is InChI=1S/C16H14O4/c1-18-10-19-9-11-5-4-8-14-15(11)12-6-2-3-7-13(12)16(17)20-14/h2-8H,9-10H2,1H3. The minimum atomic E-state index is -0.317. The molecule has 0 saturated heterocycles. The van der Waals surface area contributed by atoms with Gasteiger partial charge in [-0.3, -0.25) is 0 Å². The molecule has 1 aromatic heterocycles. The van der Waals surface area contributed by atoms with Crippen LogP contribution in [0.4, 0.5) is 0 Å². The zero-order chi connectivity index (χ0) is 13.9. The molecule has 0 N–H and O–H groups in total. The minimum absolute atomic E-state index is 0.227. The highest BCUT2D eigenvalue weighted by Gasteiger charge is 2.10. The molecule has 0 spiro atoms. The number of methoxy groups -OCH3 is 1. The summed E-state index contributed by atoms with van der Waals surface area (Å²) in [6, 6.07) is 13.0. The molecule has 0 saturated carbocycles. The van der Waals surface area contributed by atoms with Crippen molar-refractivity contribution in [3.8, 4) is 0 Å². The van der Waals surface area contributed by atoms with Crippen LogP contribution in [-0.4, -0.2) is 13.9 Å². The Morgan fingerprint density at radius 2 is 1.85 bits per heavy atom. The van der Waals surface area contributed by atoms with Crippen molar-refractivity contribution in [2.24, 2.45) is 0 Å². The maximum atomic E-state index is 11.9. The number of fused-ring (bicyclic) bond motifs is 3. The van der Waals surface area contributed by atoms with Crippen molar-refractivity contribution >= 4 is 21.7 Å². The lowest BCUT2D eigenvalue weighted by Gasteiger charge is -2.09. The summed E-state index contributed by atoms with van der Waals surface area (Å²) in [6.07, 6.45) is 0. The van der Waals surface area contributed by atoms with E-state index in [0.717, 1.165) is 16.3 Å². The zero-order valence-corrected chi connectivity index (χ0v) is 11.1. The first-order valence-corrected chi connectivity index (χ1v) is 6.31. The average Bonchev–Trinajstić information content (AvgIpc) is 2.48. The third-order valence-electron chi connectivity index (χ3n) is 3.19. The van der Waals surface area contributed by atoms with Crippen molar-refractivity contribution in [1.82, 2.24) is 0 Å². The van der Waals surface area contributed by atoms with Gasteiger partial charge in [-0.25, -0.2) is 4.79 Å². The van der Waals surface area contributed by atoms with E-state index >= 15 is 0 Å². The minimum Gasteiger partial charge on any atom is -0.422 e. The predicted molar refractivity (Wildman–Crippen MR) is 76.7 cm³/mol. The first-order valence-electron chi connectivity index (χ1n) is 6.31. The van der Waals surface area contributed by atoms with Crippen molar-refractivity contribution in [3.63, 3.8) is 0 Å². The van der Waals surface area contributed by atoms with Gasteiger partial charge < -0.3 is 13.9 Å². The van der Waals surface area contributed by atoms with E-state index in [0.29, 0.717) is 17.6 Å². The molecule has 0 aliphatic heterocycles. The fraction of sp³-hybridized carbons (Fsp3) is 0.188. The molecule has 0 bridgehead atoms. The summed E-state index contributed by atoms with van der Waals surface area (Å²) in [6.45, 7) is 0.633. The molecular weight excluding hydrogens is 256 g/mol.